The summed E-state index contributed by atoms with van der Waals surface area (Å²) in [5.74, 6) is -0.617. The lowest BCUT2D eigenvalue weighted by molar-refractivity contribution is -0.146. The quantitative estimate of drug-likeness (QED) is 0.587. The predicted octanol–water partition coefficient (Wildman–Crippen LogP) is 3.84. The molecule has 30 heavy (non-hydrogen) atoms. The van der Waals surface area contributed by atoms with Crippen LogP contribution in [0.1, 0.15) is 38.3 Å². The third-order valence-corrected chi connectivity index (χ3v) is 7.28. The summed E-state index contributed by atoms with van der Waals surface area (Å²) in [4.78, 5) is 15.7. The standard InChI is InChI=1S/C24H28INO4/c1-15-21(23(2,3)29)20(12-13-27)30-24(15)18-6-4-5-7-19(18)26(22(24)28)14-16-8-10-17(25)11-9-16/h4-11,15,20-21,27,29H,12-14H2,1-3H3/t15-,20+,21-,24+/m0/s1. The molecule has 6 heteroatoms. The molecule has 1 saturated heterocycles. The monoisotopic (exact) mass is 521 g/mol. The molecule has 2 aliphatic heterocycles. The van der Waals surface area contributed by atoms with E-state index in [1.165, 1.54) is 0 Å². The predicted molar refractivity (Wildman–Crippen MR) is 124 cm³/mol. The summed E-state index contributed by atoms with van der Waals surface area (Å²) in [6, 6.07) is 15.9. The van der Waals surface area contributed by atoms with E-state index in [1.807, 2.05) is 55.5 Å². The summed E-state index contributed by atoms with van der Waals surface area (Å²) in [6.07, 6.45) is -0.0203. The molecule has 0 radical (unpaired) electrons. The molecule has 4 atom stereocenters. The second-order valence-electron chi connectivity index (χ2n) is 8.91. The Hall–Kier alpha value is -1.48. The van der Waals surface area contributed by atoms with Crippen LogP contribution in [-0.4, -0.2) is 34.4 Å². The maximum atomic E-state index is 13.9. The summed E-state index contributed by atoms with van der Waals surface area (Å²) in [7, 11) is 0. The normalized spacial score (nSPS) is 28.4. The summed E-state index contributed by atoms with van der Waals surface area (Å²) in [6.45, 7) is 5.92. The van der Waals surface area contributed by atoms with Gasteiger partial charge in [0.05, 0.1) is 23.9 Å². The van der Waals surface area contributed by atoms with Crippen LogP contribution in [0.5, 0.6) is 0 Å². The summed E-state index contributed by atoms with van der Waals surface area (Å²) in [5.41, 5.74) is 0.563. The first-order valence-electron chi connectivity index (χ1n) is 10.4. The van der Waals surface area contributed by atoms with E-state index in [0.717, 1.165) is 20.4 Å². The van der Waals surface area contributed by atoms with E-state index in [0.29, 0.717) is 13.0 Å². The molecule has 4 rings (SSSR count). The van der Waals surface area contributed by atoms with Gasteiger partial charge in [-0.25, -0.2) is 0 Å². The number of carbonyl (C=O) groups is 1. The number of ether oxygens (including phenoxy) is 1. The third-order valence-electron chi connectivity index (χ3n) is 6.56. The van der Waals surface area contributed by atoms with Crippen LogP contribution in [0.15, 0.2) is 48.5 Å². The molecule has 0 bridgehead atoms. The third kappa shape index (κ3) is 3.38. The van der Waals surface area contributed by atoms with Crippen molar-refractivity contribution in [3.05, 3.63) is 63.2 Å². The van der Waals surface area contributed by atoms with Crippen LogP contribution >= 0.6 is 22.6 Å². The minimum atomic E-state index is -1.15. The largest absolute Gasteiger partial charge is 0.396 e. The van der Waals surface area contributed by atoms with E-state index in [-0.39, 0.29) is 24.3 Å². The molecule has 2 aromatic carbocycles. The number of nitrogens with zero attached hydrogens (tertiary/aromatic N) is 1. The van der Waals surface area contributed by atoms with E-state index in [9.17, 15) is 15.0 Å². The summed E-state index contributed by atoms with van der Waals surface area (Å²) < 4.78 is 7.66. The lowest BCUT2D eigenvalue weighted by Gasteiger charge is -2.34. The van der Waals surface area contributed by atoms with Gasteiger partial charge < -0.3 is 19.8 Å². The van der Waals surface area contributed by atoms with Crippen molar-refractivity contribution in [3.8, 4) is 0 Å². The molecule has 160 valence electrons. The molecule has 1 amide bonds. The first kappa shape index (κ1) is 21.7. The van der Waals surface area contributed by atoms with Crippen LogP contribution in [0.25, 0.3) is 0 Å². The van der Waals surface area contributed by atoms with Crippen molar-refractivity contribution in [2.45, 2.75) is 51.0 Å². The zero-order valence-electron chi connectivity index (χ0n) is 17.5. The maximum Gasteiger partial charge on any atom is 0.264 e. The van der Waals surface area contributed by atoms with Crippen molar-refractivity contribution in [1.29, 1.82) is 0 Å². The number of fused-ring (bicyclic) bond motifs is 2. The number of aliphatic hydroxyl groups is 2. The van der Waals surface area contributed by atoms with Gasteiger partial charge in [-0.05, 0) is 66.6 Å². The van der Waals surface area contributed by atoms with E-state index in [1.54, 1.807) is 18.7 Å². The highest BCUT2D eigenvalue weighted by Gasteiger charge is 2.65. The van der Waals surface area contributed by atoms with Crippen molar-refractivity contribution < 1.29 is 19.7 Å². The molecule has 0 aromatic heterocycles. The number of anilines is 1. The van der Waals surface area contributed by atoms with Crippen LogP contribution in [0.4, 0.5) is 5.69 Å². The van der Waals surface area contributed by atoms with Gasteiger partial charge in [0.1, 0.15) is 0 Å². The SMILES string of the molecule is C[C@H]1[C@H](C(C)(C)O)[C@@H](CCO)O[C@]12C(=O)N(Cc1ccc(I)cc1)c1ccccc12. The lowest BCUT2D eigenvalue weighted by Crippen LogP contribution is -2.46. The number of rotatable bonds is 5. The Labute approximate surface area is 191 Å². The van der Waals surface area contributed by atoms with Gasteiger partial charge in [0.2, 0.25) is 0 Å². The number of halogens is 1. The van der Waals surface area contributed by atoms with Gasteiger partial charge in [-0.3, -0.25) is 4.79 Å². The van der Waals surface area contributed by atoms with Crippen LogP contribution in [0.3, 0.4) is 0 Å². The minimum absolute atomic E-state index is 0.0533. The molecular formula is C24H28INO4. The lowest BCUT2D eigenvalue weighted by atomic mass is 9.71. The first-order chi connectivity index (χ1) is 14.2. The van der Waals surface area contributed by atoms with Gasteiger partial charge in [0.25, 0.3) is 5.91 Å². The van der Waals surface area contributed by atoms with Crippen LogP contribution in [0.2, 0.25) is 0 Å². The van der Waals surface area contributed by atoms with Crippen molar-refractivity contribution in [1.82, 2.24) is 0 Å². The zero-order valence-corrected chi connectivity index (χ0v) is 19.7. The number of para-hydroxylation sites is 1. The Balaban J connectivity index is 1.78. The van der Waals surface area contributed by atoms with E-state index in [2.05, 4.69) is 22.6 Å². The first-order valence-corrected chi connectivity index (χ1v) is 11.4. The van der Waals surface area contributed by atoms with Gasteiger partial charge >= 0.3 is 0 Å². The molecular weight excluding hydrogens is 493 g/mol. The smallest absolute Gasteiger partial charge is 0.264 e. The number of aliphatic hydroxyl groups excluding tert-OH is 1. The van der Waals surface area contributed by atoms with Gasteiger partial charge in [-0.1, -0.05) is 37.3 Å². The average molecular weight is 521 g/mol. The molecule has 2 aliphatic rings. The number of carbonyl (C=O) groups excluding carboxylic acids is 1. The van der Waals surface area contributed by atoms with E-state index in [4.69, 9.17) is 4.74 Å². The summed E-state index contributed by atoms with van der Waals surface area (Å²) >= 11 is 2.27. The zero-order chi connectivity index (χ0) is 21.7. The van der Waals surface area contributed by atoms with Crippen LogP contribution in [-0.2, 0) is 21.7 Å². The number of hydrogen-bond acceptors (Lipinski definition) is 4. The van der Waals surface area contributed by atoms with Gasteiger partial charge in [0, 0.05) is 27.6 Å². The van der Waals surface area contributed by atoms with Crippen molar-refractivity contribution >= 4 is 34.2 Å². The van der Waals surface area contributed by atoms with Crippen molar-refractivity contribution in [3.63, 3.8) is 0 Å². The highest BCUT2D eigenvalue weighted by atomic mass is 127. The van der Waals surface area contributed by atoms with Crippen molar-refractivity contribution in [2.24, 2.45) is 11.8 Å². The number of amides is 1. The van der Waals surface area contributed by atoms with Gasteiger partial charge in [-0.2, -0.15) is 0 Å². The highest BCUT2D eigenvalue weighted by Crippen LogP contribution is 2.57. The Bertz CT molecular complexity index is 939. The average Bonchev–Trinajstić information content (AvgIpc) is 3.12. The molecule has 1 spiro atoms. The Morgan fingerprint density at radius 2 is 1.83 bits per heavy atom. The Kier molecular flexibility index (Phi) is 5.72. The molecule has 2 heterocycles. The maximum absolute atomic E-state index is 13.9. The number of benzene rings is 2. The molecule has 0 aliphatic carbocycles. The Morgan fingerprint density at radius 3 is 2.47 bits per heavy atom. The molecule has 2 N–H and O–H groups in total. The van der Waals surface area contributed by atoms with Crippen molar-refractivity contribution in [2.75, 3.05) is 11.5 Å². The summed E-state index contributed by atoms with van der Waals surface area (Å²) in [5, 5.41) is 20.5. The molecule has 0 saturated carbocycles. The molecule has 1 fully saturated rings. The molecule has 5 nitrogen and oxygen atoms in total. The topological polar surface area (TPSA) is 70.0 Å². The van der Waals surface area contributed by atoms with E-state index >= 15 is 0 Å². The second kappa shape index (κ2) is 7.89. The fourth-order valence-corrected chi connectivity index (χ4v) is 5.72. The molecule has 2 aromatic rings. The van der Waals surface area contributed by atoms with Crippen LogP contribution in [0, 0.1) is 15.4 Å². The fourth-order valence-electron chi connectivity index (χ4n) is 5.36. The van der Waals surface area contributed by atoms with Crippen LogP contribution < -0.4 is 4.90 Å². The Morgan fingerprint density at radius 1 is 1.17 bits per heavy atom. The minimum Gasteiger partial charge on any atom is -0.396 e. The number of hydrogen-bond donors (Lipinski definition) is 2. The molecule has 0 unspecified atom stereocenters. The van der Waals surface area contributed by atoms with E-state index < -0.39 is 17.3 Å². The van der Waals surface area contributed by atoms with Gasteiger partial charge in [0.15, 0.2) is 5.60 Å². The highest BCUT2D eigenvalue weighted by molar-refractivity contribution is 14.1. The fraction of sp³-hybridized carbons (Fsp3) is 0.458. The second-order valence-corrected chi connectivity index (χ2v) is 10.2. The van der Waals surface area contributed by atoms with Gasteiger partial charge in [-0.15, -0.1) is 0 Å².